The maximum Gasteiger partial charge on any atom is 0.231 e. The summed E-state index contributed by atoms with van der Waals surface area (Å²) in [5, 5.41) is 10.0. The summed E-state index contributed by atoms with van der Waals surface area (Å²) >= 11 is 6.38. The third-order valence-corrected chi connectivity index (χ3v) is 7.94. The fourth-order valence-electron chi connectivity index (χ4n) is 5.55. The van der Waals surface area contributed by atoms with Crippen molar-refractivity contribution in [3.05, 3.63) is 52.8 Å². The van der Waals surface area contributed by atoms with Crippen LogP contribution in [-0.4, -0.2) is 61.4 Å². The Balaban J connectivity index is 1.15. The SMILES string of the molecule is CC1(N2Cc3cc(Cl)ccc3-n3c(nnc3N3CC4(CN(c5ncc(F)cn5)C4)C3)C2)CC1. The van der Waals surface area contributed by atoms with Crippen molar-refractivity contribution in [1.29, 1.82) is 0 Å². The average molecular weight is 467 g/mol. The predicted octanol–water partition coefficient (Wildman–Crippen LogP) is 3.04. The normalized spacial score (nSPS) is 22.3. The summed E-state index contributed by atoms with van der Waals surface area (Å²) in [6.07, 6.45) is 4.88. The standard InChI is InChI=1S/C23H24ClFN8/c1-22(4-5-22)32-9-15-6-16(24)2-3-18(15)33-19(10-32)28-29-21(33)31-13-23(14-31)11-30(12-23)20-26-7-17(25)8-27-20/h2-3,6-8H,4-5,9-14H2,1H3. The monoisotopic (exact) mass is 466 g/mol. The molecule has 1 spiro atoms. The maximum atomic E-state index is 13.1. The van der Waals surface area contributed by atoms with Crippen molar-refractivity contribution in [1.82, 2.24) is 29.6 Å². The number of hydrogen-bond acceptors (Lipinski definition) is 7. The molecule has 3 fully saturated rings. The number of halogens is 2. The van der Waals surface area contributed by atoms with E-state index >= 15 is 0 Å². The van der Waals surface area contributed by atoms with E-state index in [0.29, 0.717) is 5.95 Å². The van der Waals surface area contributed by atoms with Gasteiger partial charge in [-0.05, 0) is 43.5 Å². The molecule has 0 N–H and O–H groups in total. The summed E-state index contributed by atoms with van der Waals surface area (Å²) in [6, 6.07) is 6.13. The smallest absolute Gasteiger partial charge is 0.231 e. The van der Waals surface area contributed by atoms with Crippen molar-refractivity contribution in [3.63, 3.8) is 0 Å². The third kappa shape index (κ3) is 3.05. The molecule has 33 heavy (non-hydrogen) atoms. The van der Waals surface area contributed by atoms with Crippen molar-refractivity contribution in [2.45, 2.75) is 38.4 Å². The van der Waals surface area contributed by atoms with Gasteiger partial charge >= 0.3 is 0 Å². The number of fused-ring (bicyclic) bond motifs is 3. The van der Waals surface area contributed by atoms with E-state index in [1.54, 1.807) is 0 Å². The molecule has 1 saturated carbocycles. The number of rotatable bonds is 3. The second-order valence-electron chi connectivity index (χ2n) is 10.3. The molecule has 8 nitrogen and oxygen atoms in total. The minimum absolute atomic E-state index is 0.200. The highest BCUT2D eigenvalue weighted by Gasteiger charge is 2.54. The fourth-order valence-corrected chi connectivity index (χ4v) is 5.74. The molecule has 2 aromatic heterocycles. The lowest BCUT2D eigenvalue weighted by Gasteiger charge is -2.60. The van der Waals surface area contributed by atoms with Gasteiger partial charge in [0, 0.05) is 48.7 Å². The molecular weight excluding hydrogens is 443 g/mol. The first-order valence-corrected chi connectivity index (χ1v) is 11.7. The zero-order valence-corrected chi connectivity index (χ0v) is 19.1. The molecule has 1 aliphatic carbocycles. The Morgan fingerprint density at radius 2 is 1.70 bits per heavy atom. The van der Waals surface area contributed by atoms with Crippen molar-refractivity contribution >= 4 is 23.5 Å². The topological polar surface area (TPSA) is 66.2 Å². The number of anilines is 2. The van der Waals surface area contributed by atoms with E-state index in [9.17, 15) is 4.39 Å². The average Bonchev–Trinajstić information content (AvgIpc) is 3.40. The minimum Gasteiger partial charge on any atom is -0.339 e. The Bertz CT molecular complexity index is 1240. The van der Waals surface area contributed by atoms with Crippen LogP contribution in [0.4, 0.5) is 16.3 Å². The first-order valence-electron chi connectivity index (χ1n) is 11.4. The maximum absolute atomic E-state index is 13.1. The summed E-state index contributed by atoms with van der Waals surface area (Å²) < 4.78 is 15.3. The first-order chi connectivity index (χ1) is 15.9. The van der Waals surface area contributed by atoms with E-state index in [2.05, 4.69) is 58.5 Å². The van der Waals surface area contributed by atoms with E-state index in [4.69, 9.17) is 11.6 Å². The van der Waals surface area contributed by atoms with Crippen LogP contribution < -0.4 is 9.80 Å². The Labute approximate surface area is 196 Å². The van der Waals surface area contributed by atoms with Gasteiger partial charge in [0.2, 0.25) is 11.9 Å². The Morgan fingerprint density at radius 1 is 0.970 bits per heavy atom. The molecule has 170 valence electrons. The van der Waals surface area contributed by atoms with Crippen LogP contribution in [0.3, 0.4) is 0 Å². The van der Waals surface area contributed by atoms with Gasteiger partial charge < -0.3 is 9.80 Å². The summed E-state index contributed by atoms with van der Waals surface area (Å²) in [4.78, 5) is 15.2. The minimum atomic E-state index is -0.410. The Morgan fingerprint density at radius 3 is 2.42 bits per heavy atom. The Kier molecular flexibility index (Phi) is 3.95. The van der Waals surface area contributed by atoms with Crippen LogP contribution in [-0.2, 0) is 13.1 Å². The van der Waals surface area contributed by atoms with E-state index < -0.39 is 5.82 Å². The second kappa shape index (κ2) is 6.64. The van der Waals surface area contributed by atoms with Gasteiger partial charge in [0.05, 0.1) is 24.6 Å². The van der Waals surface area contributed by atoms with Crippen molar-refractivity contribution in [2.24, 2.45) is 5.41 Å². The van der Waals surface area contributed by atoms with Gasteiger partial charge in [0.1, 0.15) is 0 Å². The predicted molar refractivity (Wildman–Crippen MR) is 122 cm³/mol. The molecule has 3 aromatic rings. The summed E-state index contributed by atoms with van der Waals surface area (Å²) in [7, 11) is 0. The zero-order valence-electron chi connectivity index (χ0n) is 18.4. The van der Waals surface area contributed by atoms with Gasteiger partial charge in [0.25, 0.3) is 0 Å². The van der Waals surface area contributed by atoms with Crippen LogP contribution >= 0.6 is 11.6 Å². The summed E-state index contributed by atoms with van der Waals surface area (Å²) in [5.41, 5.74) is 2.77. The van der Waals surface area contributed by atoms with E-state index in [1.165, 1.54) is 30.8 Å². The molecule has 0 atom stereocenters. The van der Waals surface area contributed by atoms with Crippen LogP contribution in [0.5, 0.6) is 0 Å². The molecule has 2 saturated heterocycles. The number of hydrogen-bond donors (Lipinski definition) is 0. The molecule has 5 heterocycles. The molecule has 1 aromatic carbocycles. The molecule has 0 unspecified atom stereocenters. The van der Waals surface area contributed by atoms with Crippen LogP contribution in [0.15, 0.2) is 30.6 Å². The number of nitrogens with zero attached hydrogens (tertiary/aromatic N) is 8. The molecule has 3 aliphatic heterocycles. The van der Waals surface area contributed by atoms with Crippen LogP contribution in [0.25, 0.3) is 5.69 Å². The van der Waals surface area contributed by atoms with Crippen LogP contribution in [0, 0.1) is 11.2 Å². The molecule has 0 radical (unpaired) electrons. The molecule has 10 heteroatoms. The van der Waals surface area contributed by atoms with E-state index in [0.717, 1.165) is 61.8 Å². The highest BCUT2D eigenvalue weighted by molar-refractivity contribution is 6.30. The largest absolute Gasteiger partial charge is 0.339 e. The lowest BCUT2D eigenvalue weighted by Crippen LogP contribution is -2.73. The van der Waals surface area contributed by atoms with Gasteiger partial charge in [-0.15, -0.1) is 10.2 Å². The third-order valence-electron chi connectivity index (χ3n) is 7.70. The molecule has 4 aliphatic rings. The lowest BCUT2D eigenvalue weighted by atomic mass is 9.73. The fraction of sp³-hybridized carbons (Fsp3) is 0.478. The van der Waals surface area contributed by atoms with Gasteiger partial charge in [-0.2, -0.15) is 0 Å². The second-order valence-corrected chi connectivity index (χ2v) is 10.7. The van der Waals surface area contributed by atoms with Crippen LogP contribution in [0.1, 0.15) is 31.2 Å². The van der Waals surface area contributed by atoms with E-state index in [-0.39, 0.29) is 11.0 Å². The molecular formula is C23H24ClFN8. The number of benzene rings is 1. The molecule has 0 amide bonds. The quantitative estimate of drug-likeness (QED) is 0.587. The van der Waals surface area contributed by atoms with Gasteiger partial charge in [-0.25, -0.2) is 14.4 Å². The summed E-state index contributed by atoms with van der Waals surface area (Å²) in [6.45, 7) is 7.54. The molecule has 7 rings (SSSR count). The zero-order chi connectivity index (χ0) is 22.4. The van der Waals surface area contributed by atoms with Gasteiger partial charge in [0.15, 0.2) is 11.6 Å². The van der Waals surface area contributed by atoms with Crippen molar-refractivity contribution in [2.75, 3.05) is 36.0 Å². The Hall–Kier alpha value is -2.78. The molecule has 0 bridgehead atoms. The van der Waals surface area contributed by atoms with E-state index in [1.807, 2.05) is 6.07 Å². The van der Waals surface area contributed by atoms with Gasteiger partial charge in [-0.3, -0.25) is 9.47 Å². The lowest BCUT2D eigenvalue weighted by molar-refractivity contribution is 0.152. The van der Waals surface area contributed by atoms with Crippen LogP contribution in [0.2, 0.25) is 5.02 Å². The first kappa shape index (κ1) is 19.7. The van der Waals surface area contributed by atoms with Crippen molar-refractivity contribution < 1.29 is 4.39 Å². The highest BCUT2D eigenvalue weighted by atomic mass is 35.5. The van der Waals surface area contributed by atoms with Crippen molar-refractivity contribution in [3.8, 4) is 5.69 Å². The highest BCUT2D eigenvalue weighted by Crippen LogP contribution is 2.46. The summed E-state index contributed by atoms with van der Waals surface area (Å²) in [5.74, 6) is 2.07. The number of aromatic nitrogens is 5. The van der Waals surface area contributed by atoms with Gasteiger partial charge in [-0.1, -0.05) is 11.6 Å².